The zero-order valence-electron chi connectivity index (χ0n) is 15.6. The zero-order valence-corrected chi connectivity index (χ0v) is 15.6. The smallest absolute Gasteiger partial charge is 0.339 e. The molecule has 1 saturated heterocycles. The molecule has 28 heavy (non-hydrogen) atoms. The normalized spacial score (nSPS) is 15.0. The molecule has 1 radical (unpaired) electrons. The molecular weight excluding hydrogens is 359 g/mol. The van der Waals surface area contributed by atoms with Crippen LogP contribution in [0.4, 0.5) is 4.39 Å². The number of fused-ring (bicyclic) bond motifs is 1. The van der Waals surface area contributed by atoms with Crippen LogP contribution in [0.25, 0.3) is 22.1 Å². The lowest BCUT2D eigenvalue weighted by Crippen LogP contribution is -2.31. The zero-order chi connectivity index (χ0) is 19.3. The summed E-state index contributed by atoms with van der Waals surface area (Å²) < 4.78 is 24.3. The summed E-state index contributed by atoms with van der Waals surface area (Å²) in [7, 11) is 0. The summed E-state index contributed by atoms with van der Waals surface area (Å²) in [5, 5.41) is 0.742. The second-order valence-corrected chi connectivity index (χ2v) is 6.92. The van der Waals surface area contributed by atoms with Crippen molar-refractivity contribution in [2.45, 2.75) is 19.3 Å². The Morgan fingerprint density at radius 2 is 1.93 bits per heavy atom. The van der Waals surface area contributed by atoms with Crippen molar-refractivity contribution in [3.63, 3.8) is 0 Å². The van der Waals surface area contributed by atoms with Crippen LogP contribution in [0.1, 0.15) is 19.3 Å². The standard InChI is InChI=1S/C22H22FN2O3/c23-21-8-6-17(15-24-21)16-5-7-18-19(14-22(26)28-20(18)13-16)27-12-4-11-25-9-2-1-3-10-25/h1,5-8,13-15H,2-4,9-12H2. The largest absolute Gasteiger partial charge is 0.492 e. The van der Waals surface area contributed by atoms with E-state index in [0.29, 0.717) is 17.9 Å². The molecule has 4 rings (SSSR count). The lowest BCUT2D eigenvalue weighted by molar-refractivity contribution is 0.222. The van der Waals surface area contributed by atoms with Gasteiger partial charge in [0.05, 0.1) is 18.1 Å². The first-order chi connectivity index (χ1) is 13.7. The summed E-state index contributed by atoms with van der Waals surface area (Å²) in [5.41, 5.74) is 1.53. The molecule has 2 aromatic heterocycles. The highest BCUT2D eigenvalue weighted by atomic mass is 19.1. The first kappa shape index (κ1) is 18.6. The number of benzene rings is 1. The van der Waals surface area contributed by atoms with Crippen LogP contribution in [-0.2, 0) is 0 Å². The SMILES string of the molecule is O=c1cc(OCCCN2CC[CH]CC2)c2ccc(-c3ccc(F)nc3)cc2o1. The summed E-state index contributed by atoms with van der Waals surface area (Å²) in [5.74, 6) is -0.00329. The second-order valence-electron chi connectivity index (χ2n) is 6.92. The lowest BCUT2D eigenvalue weighted by Gasteiger charge is -2.26. The van der Waals surface area contributed by atoms with E-state index in [9.17, 15) is 9.18 Å². The molecule has 0 amide bonds. The van der Waals surface area contributed by atoms with Gasteiger partial charge in [-0.1, -0.05) is 6.07 Å². The molecule has 145 valence electrons. The topological polar surface area (TPSA) is 55.6 Å². The average molecular weight is 381 g/mol. The van der Waals surface area contributed by atoms with Crippen LogP contribution >= 0.6 is 0 Å². The Labute approximate surface area is 162 Å². The molecule has 0 aliphatic carbocycles. The molecule has 0 spiro atoms. The Morgan fingerprint density at radius 1 is 1.11 bits per heavy atom. The third kappa shape index (κ3) is 4.39. The predicted octanol–water partition coefficient (Wildman–Crippen LogP) is 4.06. The van der Waals surface area contributed by atoms with Crippen molar-refractivity contribution in [1.29, 1.82) is 0 Å². The highest BCUT2D eigenvalue weighted by molar-refractivity contribution is 5.87. The van der Waals surface area contributed by atoms with Crippen molar-refractivity contribution in [3.8, 4) is 16.9 Å². The van der Waals surface area contributed by atoms with Crippen molar-refractivity contribution in [2.75, 3.05) is 26.2 Å². The minimum atomic E-state index is -0.533. The Bertz CT molecular complexity index is 995. The maximum atomic E-state index is 13.0. The summed E-state index contributed by atoms with van der Waals surface area (Å²) in [6.45, 7) is 3.76. The number of aromatic nitrogens is 1. The van der Waals surface area contributed by atoms with Gasteiger partial charge in [-0.05, 0) is 68.6 Å². The minimum Gasteiger partial charge on any atom is -0.492 e. The second kappa shape index (κ2) is 8.52. The molecule has 1 fully saturated rings. The van der Waals surface area contributed by atoms with Crippen LogP contribution in [0.5, 0.6) is 5.75 Å². The maximum Gasteiger partial charge on any atom is 0.339 e. The van der Waals surface area contributed by atoms with Crippen molar-refractivity contribution in [2.24, 2.45) is 0 Å². The van der Waals surface area contributed by atoms with Crippen molar-refractivity contribution in [1.82, 2.24) is 9.88 Å². The first-order valence-corrected chi connectivity index (χ1v) is 9.56. The maximum absolute atomic E-state index is 13.0. The lowest BCUT2D eigenvalue weighted by atomic mass is 10.1. The Balaban J connectivity index is 1.48. The number of piperidine rings is 1. The molecule has 3 heterocycles. The van der Waals surface area contributed by atoms with Crippen LogP contribution in [0, 0.1) is 12.4 Å². The number of rotatable bonds is 6. The van der Waals surface area contributed by atoms with E-state index >= 15 is 0 Å². The van der Waals surface area contributed by atoms with Crippen LogP contribution < -0.4 is 10.4 Å². The van der Waals surface area contributed by atoms with Crippen LogP contribution in [0.3, 0.4) is 0 Å². The van der Waals surface area contributed by atoms with E-state index in [1.54, 1.807) is 12.1 Å². The van der Waals surface area contributed by atoms with E-state index in [4.69, 9.17) is 9.15 Å². The number of likely N-dealkylation sites (tertiary alicyclic amines) is 1. The molecule has 3 aromatic rings. The summed E-state index contributed by atoms with van der Waals surface area (Å²) in [6, 6.07) is 9.82. The quantitative estimate of drug-likeness (QED) is 0.366. The van der Waals surface area contributed by atoms with Crippen LogP contribution in [0.15, 0.2) is 51.8 Å². The van der Waals surface area contributed by atoms with Gasteiger partial charge in [0.25, 0.3) is 0 Å². The monoisotopic (exact) mass is 381 g/mol. The van der Waals surface area contributed by atoms with E-state index in [0.717, 1.165) is 55.4 Å². The Kier molecular flexibility index (Phi) is 5.67. The fourth-order valence-corrected chi connectivity index (χ4v) is 3.48. The molecule has 0 unspecified atom stereocenters. The van der Waals surface area contributed by atoms with Crippen molar-refractivity contribution < 1.29 is 13.5 Å². The highest BCUT2D eigenvalue weighted by Crippen LogP contribution is 2.28. The molecule has 1 aliphatic heterocycles. The third-order valence-electron chi connectivity index (χ3n) is 4.94. The minimum absolute atomic E-state index is 0.441. The molecular formula is C22H22FN2O3. The van der Waals surface area contributed by atoms with Crippen LogP contribution in [0.2, 0.25) is 0 Å². The van der Waals surface area contributed by atoms with Gasteiger partial charge in [0.2, 0.25) is 5.95 Å². The van der Waals surface area contributed by atoms with E-state index in [-0.39, 0.29) is 0 Å². The van der Waals surface area contributed by atoms with E-state index in [1.807, 2.05) is 12.1 Å². The summed E-state index contributed by atoms with van der Waals surface area (Å²) in [6.07, 6.45) is 6.99. The van der Waals surface area contributed by atoms with Crippen molar-refractivity contribution in [3.05, 3.63) is 65.4 Å². The molecule has 0 N–H and O–H groups in total. The Morgan fingerprint density at radius 3 is 2.71 bits per heavy atom. The van der Waals surface area contributed by atoms with Gasteiger partial charge >= 0.3 is 5.63 Å². The molecule has 5 nitrogen and oxygen atoms in total. The van der Waals surface area contributed by atoms with Gasteiger partial charge < -0.3 is 14.1 Å². The number of pyridine rings is 1. The van der Waals surface area contributed by atoms with E-state index in [2.05, 4.69) is 16.3 Å². The molecule has 1 aliphatic rings. The predicted molar refractivity (Wildman–Crippen MR) is 106 cm³/mol. The van der Waals surface area contributed by atoms with Gasteiger partial charge in [0.15, 0.2) is 0 Å². The third-order valence-corrected chi connectivity index (χ3v) is 4.94. The van der Waals surface area contributed by atoms with Gasteiger partial charge in [-0.3, -0.25) is 0 Å². The number of halogens is 1. The number of hydrogen-bond acceptors (Lipinski definition) is 5. The number of nitrogens with zero attached hydrogens (tertiary/aromatic N) is 2. The number of hydrogen-bond donors (Lipinski definition) is 0. The van der Waals surface area contributed by atoms with Gasteiger partial charge in [0.1, 0.15) is 11.3 Å². The van der Waals surface area contributed by atoms with E-state index in [1.165, 1.54) is 18.3 Å². The van der Waals surface area contributed by atoms with Gasteiger partial charge in [-0.15, -0.1) is 0 Å². The summed E-state index contributed by atoms with van der Waals surface area (Å²) in [4.78, 5) is 18.1. The molecule has 0 saturated carbocycles. The van der Waals surface area contributed by atoms with Crippen molar-refractivity contribution >= 4 is 11.0 Å². The highest BCUT2D eigenvalue weighted by Gasteiger charge is 2.11. The van der Waals surface area contributed by atoms with Gasteiger partial charge in [-0.25, -0.2) is 9.78 Å². The fourth-order valence-electron chi connectivity index (χ4n) is 3.48. The molecule has 6 heteroatoms. The molecule has 0 bridgehead atoms. The Hall–Kier alpha value is -2.73. The molecule has 0 atom stereocenters. The van der Waals surface area contributed by atoms with Crippen LogP contribution in [-0.4, -0.2) is 36.1 Å². The van der Waals surface area contributed by atoms with Gasteiger partial charge in [-0.2, -0.15) is 4.39 Å². The average Bonchev–Trinajstić information content (AvgIpc) is 2.72. The van der Waals surface area contributed by atoms with Gasteiger partial charge in [0, 0.05) is 18.3 Å². The molecule has 1 aromatic carbocycles. The fraction of sp³-hybridized carbons (Fsp3) is 0.318. The summed E-state index contributed by atoms with van der Waals surface area (Å²) >= 11 is 0. The number of ether oxygens (including phenoxy) is 1. The first-order valence-electron chi connectivity index (χ1n) is 9.56. The van der Waals surface area contributed by atoms with E-state index < -0.39 is 11.6 Å².